The van der Waals surface area contributed by atoms with Gasteiger partial charge in [-0.25, -0.2) is 0 Å². The summed E-state index contributed by atoms with van der Waals surface area (Å²) in [6, 6.07) is 0.347. The molecule has 132 valence electrons. The van der Waals surface area contributed by atoms with Crippen LogP contribution in [0.3, 0.4) is 0 Å². The highest BCUT2D eigenvalue weighted by Crippen LogP contribution is 2.66. The van der Waals surface area contributed by atoms with Crippen LogP contribution in [0.4, 0.5) is 0 Å². The standard InChI is InChI=1S/C22H27NO2/c1-13-17-6-7-19-16-5-4-14-12-15(24)8-10-21(14,2)18(16)9-11-22(17,19)20(25)23(13)3/h7-8,10,12-13,16-18H,4-6,9,11H2,1-3H3/t13-,16+,17+,18-,21-,22-/m0/s1. The Balaban J connectivity index is 1.57. The second-order valence-corrected chi connectivity index (χ2v) is 9.11. The van der Waals surface area contributed by atoms with Crippen LogP contribution in [-0.4, -0.2) is 29.7 Å². The lowest BCUT2D eigenvalue weighted by Crippen LogP contribution is -2.49. The number of likely N-dealkylation sites (tertiary alicyclic amines) is 1. The third-order valence-electron chi connectivity index (χ3n) is 8.47. The number of carbonyl (C=O) groups is 2. The van der Waals surface area contributed by atoms with E-state index >= 15 is 0 Å². The van der Waals surface area contributed by atoms with Gasteiger partial charge in [0.05, 0.1) is 5.41 Å². The van der Waals surface area contributed by atoms with E-state index in [9.17, 15) is 9.59 Å². The van der Waals surface area contributed by atoms with Crippen molar-refractivity contribution in [2.75, 3.05) is 7.05 Å². The van der Waals surface area contributed by atoms with Gasteiger partial charge in [0, 0.05) is 24.4 Å². The molecule has 0 aromatic carbocycles. The number of carbonyl (C=O) groups excluding carboxylic acids is 2. The quantitative estimate of drug-likeness (QED) is 0.633. The Morgan fingerprint density at radius 1 is 1.20 bits per heavy atom. The molecule has 3 fully saturated rings. The Labute approximate surface area is 149 Å². The monoisotopic (exact) mass is 337 g/mol. The van der Waals surface area contributed by atoms with E-state index in [0.717, 1.165) is 32.1 Å². The SMILES string of the molecule is C[C@H]1[C@H]2CC=C3[C@@H]4CCC5=CC(=O)C=C[C@]5(C)[C@H]4CC[C@@]32C(=O)N1C. The summed E-state index contributed by atoms with van der Waals surface area (Å²) in [4.78, 5) is 27.1. The molecule has 5 aliphatic rings. The van der Waals surface area contributed by atoms with Crippen molar-refractivity contribution in [1.82, 2.24) is 4.90 Å². The molecule has 0 bridgehead atoms. The van der Waals surface area contributed by atoms with Gasteiger partial charge in [-0.1, -0.05) is 30.2 Å². The van der Waals surface area contributed by atoms with Crippen molar-refractivity contribution in [2.45, 2.75) is 52.0 Å². The smallest absolute Gasteiger partial charge is 0.233 e. The lowest BCUT2D eigenvalue weighted by Gasteiger charge is -2.54. The third-order valence-corrected chi connectivity index (χ3v) is 8.47. The molecule has 1 saturated heterocycles. The van der Waals surface area contributed by atoms with Crippen LogP contribution in [0.15, 0.2) is 35.5 Å². The molecule has 1 heterocycles. The van der Waals surface area contributed by atoms with Crippen LogP contribution in [0.1, 0.15) is 46.0 Å². The van der Waals surface area contributed by atoms with Gasteiger partial charge in [-0.15, -0.1) is 0 Å². The first kappa shape index (κ1) is 15.6. The molecule has 0 aromatic heterocycles. The Morgan fingerprint density at radius 3 is 2.80 bits per heavy atom. The third kappa shape index (κ3) is 1.68. The van der Waals surface area contributed by atoms with E-state index in [1.54, 1.807) is 6.08 Å². The Hall–Kier alpha value is -1.64. The summed E-state index contributed by atoms with van der Waals surface area (Å²) >= 11 is 0. The van der Waals surface area contributed by atoms with Crippen molar-refractivity contribution in [2.24, 2.45) is 28.6 Å². The lowest BCUT2D eigenvalue weighted by molar-refractivity contribution is -0.136. The predicted octanol–water partition coefficient (Wildman–Crippen LogP) is 3.67. The molecule has 2 saturated carbocycles. The summed E-state index contributed by atoms with van der Waals surface area (Å²) in [6.07, 6.45) is 13.5. The van der Waals surface area contributed by atoms with Crippen molar-refractivity contribution < 1.29 is 9.59 Å². The largest absolute Gasteiger partial charge is 0.342 e. The number of allylic oxidation sites excluding steroid dienone is 5. The molecule has 1 spiro atoms. The highest BCUT2D eigenvalue weighted by Gasteiger charge is 2.65. The first-order valence-electron chi connectivity index (χ1n) is 9.81. The highest BCUT2D eigenvalue weighted by molar-refractivity contribution is 6.01. The maximum absolute atomic E-state index is 13.2. The topological polar surface area (TPSA) is 37.4 Å². The number of nitrogens with zero attached hydrogens (tertiary/aromatic N) is 1. The van der Waals surface area contributed by atoms with Crippen LogP contribution in [0, 0.1) is 28.6 Å². The molecule has 1 aliphatic heterocycles. The molecule has 3 heteroatoms. The average Bonchev–Trinajstić information content (AvgIpc) is 3.07. The van der Waals surface area contributed by atoms with Gasteiger partial charge < -0.3 is 4.90 Å². The summed E-state index contributed by atoms with van der Waals surface area (Å²) in [6.45, 7) is 4.54. The number of rotatable bonds is 0. The zero-order chi connectivity index (χ0) is 17.6. The minimum absolute atomic E-state index is 0.00344. The van der Waals surface area contributed by atoms with Gasteiger partial charge in [0.25, 0.3) is 0 Å². The predicted molar refractivity (Wildman–Crippen MR) is 96.6 cm³/mol. The maximum Gasteiger partial charge on any atom is 0.233 e. The van der Waals surface area contributed by atoms with Crippen molar-refractivity contribution in [3.63, 3.8) is 0 Å². The van der Waals surface area contributed by atoms with E-state index in [4.69, 9.17) is 0 Å². The number of amides is 1. The molecule has 4 aliphatic carbocycles. The number of ketones is 1. The van der Waals surface area contributed by atoms with Gasteiger partial charge in [0.1, 0.15) is 0 Å². The first-order chi connectivity index (χ1) is 11.9. The van der Waals surface area contributed by atoms with Crippen LogP contribution in [-0.2, 0) is 9.59 Å². The van der Waals surface area contributed by atoms with E-state index in [-0.39, 0.29) is 16.6 Å². The van der Waals surface area contributed by atoms with Crippen LogP contribution < -0.4 is 0 Å². The second-order valence-electron chi connectivity index (χ2n) is 9.11. The molecule has 0 aromatic rings. The zero-order valence-electron chi connectivity index (χ0n) is 15.4. The summed E-state index contributed by atoms with van der Waals surface area (Å²) in [5.74, 6) is 2.00. The van der Waals surface area contributed by atoms with Crippen molar-refractivity contribution in [3.8, 4) is 0 Å². The average molecular weight is 337 g/mol. The second kappa shape index (κ2) is 4.75. The van der Waals surface area contributed by atoms with Crippen LogP contribution in [0.5, 0.6) is 0 Å². The minimum atomic E-state index is -0.207. The molecule has 6 atom stereocenters. The molecule has 0 N–H and O–H groups in total. The molecule has 1 amide bonds. The van der Waals surface area contributed by atoms with Crippen molar-refractivity contribution in [1.29, 1.82) is 0 Å². The Bertz CT molecular complexity index is 775. The maximum atomic E-state index is 13.2. The molecular formula is C22H27NO2. The summed E-state index contributed by atoms with van der Waals surface area (Å²) < 4.78 is 0. The summed E-state index contributed by atoms with van der Waals surface area (Å²) in [7, 11) is 1.99. The molecular weight excluding hydrogens is 310 g/mol. The van der Waals surface area contributed by atoms with Gasteiger partial charge in [-0.05, 0) is 63.0 Å². The molecule has 25 heavy (non-hydrogen) atoms. The van der Waals surface area contributed by atoms with Gasteiger partial charge in [0.15, 0.2) is 5.78 Å². The van der Waals surface area contributed by atoms with Crippen LogP contribution in [0.25, 0.3) is 0 Å². The fraction of sp³-hybridized carbons (Fsp3) is 0.636. The molecule has 3 nitrogen and oxygen atoms in total. The van der Waals surface area contributed by atoms with Gasteiger partial charge >= 0.3 is 0 Å². The van der Waals surface area contributed by atoms with Crippen molar-refractivity contribution in [3.05, 3.63) is 35.5 Å². The van der Waals surface area contributed by atoms with Gasteiger partial charge in [0.2, 0.25) is 5.91 Å². The van der Waals surface area contributed by atoms with Gasteiger partial charge in [-0.3, -0.25) is 9.59 Å². The molecule has 0 radical (unpaired) electrons. The van der Waals surface area contributed by atoms with Gasteiger partial charge in [-0.2, -0.15) is 0 Å². The van der Waals surface area contributed by atoms with E-state index in [1.807, 2.05) is 18.0 Å². The van der Waals surface area contributed by atoms with E-state index in [1.165, 1.54) is 11.1 Å². The Kier molecular flexibility index (Phi) is 2.96. The molecule has 0 unspecified atom stereocenters. The van der Waals surface area contributed by atoms with E-state index in [0.29, 0.717) is 29.7 Å². The number of hydrogen-bond donors (Lipinski definition) is 0. The normalized spacial score (nSPS) is 47.7. The number of hydrogen-bond acceptors (Lipinski definition) is 2. The van der Waals surface area contributed by atoms with Crippen molar-refractivity contribution >= 4 is 11.7 Å². The number of fused-ring (bicyclic) bond motifs is 4. The minimum Gasteiger partial charge on any atom is -0.342 e. The van der Waals surface area contributed by atoms with E-state index in [2.05, 4.69) is 26.0 Å². The fourth-order valence-corrected chi connectivity index (χ4v) is 7.06. The molecule has 5 rings (SSSR count). The summed E-state index contributed by atoms with van der Waals surface area (Å²) in [5.41, 5.74) is 2.56. The van der Waals surface area contributed by atoms with Crippen LogP contribution in [0.2, 0.25) is 0 Å². The van der Waals surface area contributed by atoms with E-state index < -0.39 is 0 Å². The Morgan fingerprint density at radius 2 is 2.00 bits per heavy atom. The fourth-order valence-electron chi connectivity index (χ4n) is 7.06. The lowest BCUT2D eigenvalue weighted by atomic mass is 9.49. The summed E-state index contributed by atoms with van der Waals surface area (Å²) in [5, 5.41) is 0. The van der Waals surface area contributed by atoms with Crippen LogP contribution >= 0.6 is 0 Å². The highest BCUT2D eigenvalue weighted by atomic mass is 16.2. The zero-order valence-corrected chi connectivity index (χ0v) is 15.4. The first-order valence-corrected chi connectivity index (χ1v) is 9.81.